The summed E-state index contributed by atoms with van der Waals surface area (Å²) in [6.45, 7) is 4.08. The molecule has 0 aliphatic rings. The number of sulfonamides is 1. The van der Waals surface area contributed by atoms with Crippen LogP contribution < -0.4 is 4.31 Å². The second-order valence-corrected chi connectivity index (χ2v) is 8.86. The van der Waals surface area contributed by atoms with Crippen molar-refractivity contribution in [2.75, 3.05) is 11.4 Å². The summed E-state index contributed by atoms with van der Waals surface area (Å²) < 4.78 is 32.1. The van der Waals surface area contributed by atoms with E-state index in [0.717, 1.165) is 16.7 Å². The summed E-state index contributed by atoms with van der Waals surface area (Å²) in [6, 6.07) is 20.7. The van der Waals surface area contributed by atoms with Gasteiger partial charge in [0.2, 0.25) is 0 Å². The molecule has 0 atom stereocenters. The van der Waals surface area contributed by atoms with Gasteiger partial charge in [0.1, 0.15) is 6.61 Å². The quantitative estimate of drug-likeness (QED) is 0.563. The maximum Gasteiger partial charge on any atom is 0.338 e. The number of anilines is 1. The zero-order chi connectivity index (χ0) is 21.0. The second kappa shape index (κ2) is 8.49. The number of nitrogens with zero attached hydrogens (tertiary/aromatic N) is 1. The van der Waals surface area contributed by atoms with E-state index in [-0.39, 0.29) is 11.5 Å². The highest BCUT2D eigenvalue weighted by Gasteiger charge is 2.21. The molecule has 0 saturated heterocycles. The Morgan fingerprint density at radius 2 is 1.34 bits per heavy atom. The van der Waals surface area contributed by atoms with Gasteiger partial charge in [0, 0.05) is 7.05 Å². The van der Waals surface area contributed by atoms with Gasteiger partial charge in [-0.1, -0.05) is 47.5 Å². The Balaban J connectivity index is 1.69. The minimum absolute atomic E-state index is 0.183. The van der Waals surface area contributed by atoms with Gasteiger partial charge in [-0.2, -0.15) is 0 Å². The number of rotatable bonds is 6. The van der Waals surface area contributed by atoms with Gasteiger partial charge in [-0.05, 0) is 55.8 Å². The number of hydrogen-bond acceptors (Lipinski definition) is 4. The molecule has 0 aliphatic carbocycles. The molecule has 0 N–H and O–H groups in total. The Bertz CT molecular complexity index is 1090. The van der Waals surface area contributed by atoms with Crippen molar-refractivity contribution in [1.82, 2.24) is 0 Å². The first kappa shape index (κ1) is 20.6. The molecule has 0 fully saturated rings. The van der Waals surface area contributed by atoms with E-state index in [2.05, 4.69) is 0 Å². The van der Waals surface area contributed by atoms with Gasteiger partial charge < -0.3 is 4.74 Å². The third-order valence-corrected chi connectivity index (χ3v) is 6.44. The van der Waals surface area contributed by atoms with Crippen molar-refractivity contribution in [2.45, 2.75) is 25.3 Å². The van der Waals surface area contributed by atoms with Crippen molar-refractivity contribution in [1.29, 1.82) is 0 Å². The van der Waals surface area contributed by atoms with Crippen molar-refractivity contribution in [2.24, 2.45) is 0 Å². The molecule has 0 amide bonds. The summed E-state index contributed by atoms with van der Waals surface area (Å²) >= 11 is 0. The number of benzene rings is 3. The van der Waals surface area contributed by atoms with Gasteiger partial charge in [-0.25, -0.2) is 13.2 Å². The number of carbonyl (C=O) groups is 1. The van der Waals surface area contributed by atoms with Crippen molar-refractivity contribution < 1.29 is 17.9 Å². The Kier molecular flexibility index (Phi) is 6.03. The van der Waals surface area contributed by atoms with Crippen LogP contribution in [-0.4, -0.2) is 21.4 Å². The molecule has 0 aromatic heterocycles. The molecule has 0 bridgehead atoms. The van der Waals surface area contributed by atoms with Gasteiger partial charge >= 0.3 is 5.97 Å². The molecule has 5 nitrogen and oxygen atoms in total. The molecule has 0 spiro atoms. The first-order valence-corrected chi connectivity index (χ1v) is 10.6. The van der Waals surface area contributed by atoms with Crippen LogP contribution >= 0.6 is 0 Å². The van der Waals surface area contributed by atoms with E-state index in [9.17, 15) is 13.2 Å². The molecule has 29 heavy (non-hydrogen) atoms. The van der Waals surface area contributed by atoms with Crippen molar-refractivity contribution >= 4 is 21.7 Å². The molecular weight excluding hydrogens is 386 g/mol. The molecule has 0 unspecified atom stereocenters. The van der Waals surface area contributed by atoms with Crippen LogP contribution in [0.15, 0.2) is 77.7 Å². The molecule has 3 aromatic carbocycles. The number of ether oxygens (including phenoxy) is 1. The molecule has 3 rings (SSSR count). The zero-order valence-electron chi connectivity index (χ0n) is 16.6. The summed E-state index contributed by atoms with van der Waals surface area (Å²) in [5, 5.41) is 0. The normalized spacial score (nSPS) is 11.1. The predicted molar refractivity (Wildman–Crippen MR) is 114 cm³/mol. The fraction of sp³-hybridized carbons (Fsp3) is 0.174. The molecule has 0 heterocycles. The number of esters is 1. The average molecular weight is 410 g/mol. The standard InChI is InChI=1S/C23H23NO4S/c1-17-4-8-19(9-5-17)16-28-23(25)20-10-12-21(13-11-20)24(3)29(26,27)22-14-6-18(2)7-15-22/h4-15H,16H2,1-3H3. The largest absolute Gasteiger partial charge is 0.457 e. The highest BCUT2D eigenvalue weighted by atomic mass is 32.2. The van der Waals surface area contributed by atoms with Crippen LogP contribution in [0, 0.1) is 13.8 Å². The lowest BCUT2D eigenvalue weighted by Crippen LogP contribution is -2.26. The van der Waals surface area contributed by atoms with E-state index < -0.39 is 16.0 Å². The molecule has 150 valence electrons. The fourth-order valence-corrected chi connectivity index (χ4v) is 3.93. The van der Waals surface area contributed by atoms with Crippen LogP contribution in [0.4, 0.5) is 5.69 Å². The topological polar surface area (TPSA) is 63.7 Å². The maximum atomic E-state index is 12.8. The summed E-state index contributed by atoms with van der Waals surface area (Å²) in [5.74, 6) is -0.457. The molecule has 0 aliphatic heterocycles. The number of carbonyl (C=O) groups excluding carboxylic acids is 1. The second-order valence-electron chi connectivity index (χ2n) is 6.89. The lowest BCUT2D eigenvalue weighted by molar-refractivity contribution is 0.0472. The van der Waals surface area contributed by atoms with Crippen molar-refractivity contribution in [3.63, 3.8) is 0 Å². The lowest BCUT2D eigenvalue weighted by atomic mass is 10.2. The predicted octanol–water partition coefficient (Wildman–Crippen LogP) is 4.49. The van der Waals surface area contributed by atoms with E-state index in [4.69, 9.17) is 4.74 Å². The van der Waals surface area contributed by atoms with E-state index >= 15 is 0 Å². The maximum absolute atomic E-state index is 12.8. The van der Waals surface area contributed by atoms with Crippen LogP contribution in [0.5, 0.6) is 0 Å². The highest BCUT2D eigenvalue weighted by molar-refractivity contribution is 7.92. The summed E-state index contributed by atoms with van der Waals surface area (Å²) in [4.78, 5) is 12.5. The van der Waals surface area contributed by atoms with Crippen molar-refractivity contribution in [3.05, 3.63) is 95.1 Å². The smallest absolute Gasteiger partial charge is 0.338 e. The summed E-state index contributed by atoms with van der Waals surface area (Å²) in [6.07, 6.45) is 0. The number of hydrogen-bond donors (Lipinski definition) is 0. The van der Waals surface area contributed by atoms with Crippen LogP contribution in [0.25, 0.3) is 0 Å². The Morgan fingerprint density at radius 3 is 1.90 bits per heavy atom. The zero-order valence-corrected chi connectivity index (χ0v) is 17.4. The van der Waals surface area contributed by atoms with Gasteiger partial charge in [-0.3, -0.25) is 4.31 Å². The minimum atomic E-state index is -3.67. The fourth-order valence-electron chi connectivity index (χ4n) is 2.73. The highest BCUT2D eigenvalue weighted by Crippen LogP contribution is 2.23. The molecule has 0 saturated carbocycles. The lowest BCUT2D eigenvalue weighted by Gasteiger charge is -2.20. The Labute approximate surface area is 171 Å². The minimum Gasteiger partial charge on any atom is -0.457 e. The van der Waals surface area contributed by atoms with Crippen LogP contribution in [-0.2, 0) is 21.4 Å². The van der Waals surface area contributed by atoms with E-state index in [1.807, 2.05) is 38.1 Å². The first-order chi connectivity index (χ1) is 13.8. The summed E-state index contributed by atoms with van der Waals surface area (Å²) in [5.41, 5.74) is 3.85. The molecule has 6 heteroatoms. The van der Waals surface area contributed by atoms with Gasteiger partial charge in [-0.15, -0.1) is 0 Å². The SMILES string of the molecule is Cc1ccc(COC(=O)c2ccc(N(C)S(=O)(=O)c3ccc(C)cc3)cc2)cc1. The van der Waals surface area contributed by atoms with Crippen LogP contribution in [0.1, 0.15) is 27.0 Å². The van der Waals surface area contributed by atoms with Crippen LogP contribution in [0.2, 0.25) is 0 Å². The first-order valence-electron chi connectivity index (χ1n) is 9.16. The summed E-state index contributed by atoms with van der Waals surface area (Å²) in [7, 11) is -2.19. The Morgan fingerprint density at radius 1 is 0.828 bits per heavy atom. The van der Waals surface area contributed by atoms with Gasteiger partial charge in [0.15, 0.2) is 0 Å². The Hall–Kier alpha value is -3.12. The third-order valence-electron chi connectivity index (χ3n) is 4.64. The number of aryl methyl sites for hydroxylation is 2. The molecular formula is C23H23NO4S. The van der Waals surface area contributed by atoms with E-state index in [1.54, 1.807) is 48.5 Å². The van der Waals surface area contributed by atoms with E-state index in [1.165, 1.54) is 11.4 Å². The molecule has 3 aromatic rings. The average Bonchev–Trinajstić information content (AvgIpc) is 2.73. The molecule has 0 radical (unpaired) electrons. The van der Waals surface area contributed by atoms with Crippen molar-refractivity contribution in [3.8, 4) is 0 Å². The monoisotopic (exact) mass is 409 g/mol. The van der Waals surface area contributed by atoms with Gasteiger partial charge in [0.05, 0.1) is 16.1 Å². The van der Waals surface area contributed by atoms with Crippen LogP contribution in [0.3, 0.4) is 0 Å². The van der Waals surface area contributed by atoms with Gasteiger partial charge in [0.25, 0.3) is 10.0 Å². The van der Waals surface area contributed by atoms with E-state index in [0.29, 0.717) is 11.3 Å². The third kappa shape index (κ3) is 4.84.